The molecule has 1 fully saturated rings. The number of carbonyl (C=O) groups is 1. The molecule has 23 heavy (non-hydrogen) atoms. The van der Waals surface area contributed by atoms with Gasteiger partial charge in [0.25, 0.3) is 0 Å². The molecule has 7 heteroatoms. The summed E-state index contributed by atoms with van der Waals surface area (Å²) in [5, 5.41) is 2.99. The minimum atomic E-state index is -3.47. The maximum absolute atomic E-state index is 12.8. The Bertz CT molecular complexity index is 665. The van der Waals surface area contributed by atoms with Gasteiger partial charge in [-0.05, 0) is 37.5 Å². The van der Waals surface area contributed by atoms with E-state index in [1.165, 1.54) is 4.90 Å². The number of carbonyl (C=O) groups excluding carboxylic acids is 1. The van der Waals surface area contributed by atoms with Crippen molar-refractivity contribution in [3.8, 4) is 0 Å². The lowest BCUT2D eigenvalue weighted by molar-refractivity contribution is -0.126. The number of benzene rings is 1. The van der Waals surface area contributed by atoms with Crippen molar-refractivity contribution in [1.29, 1.82) is 0 Å². The highest BCUT2D eigenvalue weighted by Gasteiger charge is 2.27. The van der Waals surface area contributed by atoms with Gasteiger partial charge in [-0.25, -0.2) is 8.42 Å². The highest BCUT2D eigenvalue weighted by Crippen LogP contribution is 2.25. The quantitative estimate of drug-likeness (QED) is 0.886. The van der Waals surface area contributed by atoms with Crippen molar-refractivity contribution >= 4 is 21.6 Å². The fraction of sp³-hybridized carbons (Fsp3) is 0.562. The Kier molecular flexibility index (Phi) is 5.64. The number of likely N-dealkylation sites (N-methyl/N-ethyl adjacent to an activating group) is 1. The number of sulfonamides is 1. The minimum absolute atomic E-state index is 0.0639. The monoisotopic (exact) mass is 339 g/mol. The summed E-state index contributed by atoms with van der Waals surface area (Å²) < 4.78 is 27.2. The molecule has 6 nitrogen and oxygen atoms in total. The van der Waals surface area contributed by atoms with Gasteiger partial charge in [0, 0.05) is 32.9 Å². The lowest BCUT2D eigenvalue weighted by Gasteiger charge is -2.26. The normalized spacial score (nSPS) is 16.1. The van der Waals surface area contributed by atoms with E-state index in [1.807, 2.05) is 0 Å². The van der Waals surface area contributed by atoms with E-state index in [9.17, 15) is 13.2 Å². The van der Waals surface area contributed by atoms with Crippen LogP contribution in [-0.4, -0.2) is 57.3 Å². The summed E-state index contributed by atoms with van der Waals surface area (Å²) in [5.41, 5.74) is 1.36. The van der Waals surface area contributed by atoms with Crippen LogP contribution < -0.4 is 5.32 Å². The lowest BCUT2D eigenvalue weighted by Crippen LogP contribution is -2.36. The Morgan fingerprint density at radius 2 is 1.87 bits per heavy atom. The third-order valence-corrected chi connectivity index (χ3v) is 6.10. The number of aryl methyl sites for hydroxylation is 1. The first-order valence-electron chi connectivity index (χ1n) is 7.87. The molecule has 0 bridgehead atoms. The van der Waals surface area contributed by atoms with Crippen molar-refractivity contribution in [2.24, 2.45) is 0 Å². The number of anilines is 1. The van der Waals surface area contributed by atoms with Crippen LogP contribution in [0.3, 0.4) is 0 Å². The first kappa shape index (κ1) is 17.7. The molecule has 1 aromatic rings. The molecule has 1 aromatic carbocycles. The molecule has 1 amide bonds. The topological polar surface area (TPSA) is 69.7 Å². The number of nitrogens with zero attached hydrogens (tertiary/aromatic N) is 2. The molecule has 1 heterocycles. The summed E-state index contributed by atoms with van der Waals surface area (Å²) in [6, 6.07) is 5.20. The maximum Gasteiger partial charge on any atom is 0.243 e. The van der Waals surface area contributed by atoms with Gasteiger partial charge in [0.15, 0.2) is 0 Å². The van der Waals surface area contributed by atoms with Crippen LogP contribution in [0.2, 0.25) is 0 Å². The fourth-order valence-corrected chi connectivity index (χ4v) is 4.34. The zero-order chi connectivity index (χ0) is 17.0. The van der Waals surface area contributed by atoms with E-state index in [-0.39, 0.29) is 12.5 Å². The molecule has 0 aromatic heterocycles. The van der Waals surface area contributed by atoms with Crippen LogP contribution in [0.1, 0.15) is 24.8 Å². The highest BCUT2D eigenvalue weighted by molar-refractivity contribution is 7.89. The number of hydrogen-bond acceptors (Lipinski definition) is 4. The Labute approximate surface area is 138 Å². The number of hydrogen-bond donors (Lipinski definition) is 1. The number of piperidine rings is 1. The van der Waals surface area contributed by atoms with E-state index in [0.717, 1.165) is 24.8 Å². The van der Waals surface area contributed by atoms with Crippen LogP contribution in [0.25, 0.3) is 0 Å². The molecule has 1 N–H and O–H groups in total. The standard InChI is InChI=1S/C16H25N3O3S/c1-13-7-8-14(17-12-16(20)18(2)3)11-15(13)23(21,22)19-9-5-4-6-10-19/h7-8,11,17H,4-6,9-10,12H2,1-3H3. The molecule has 0 unspecified atom stereocenters. The molecular weight excluding hydrogens is 314 g/mol. The summed E-state index contributed by atoms with van der Waals surface area (Å²) in [6.07, 6.45) is 2.90. The van der Waals surface area contributed by atoms with Gasteiger partial charge in [-0.1, -0.05) is 12.5 Å². The molecule has 1 aliphatic heterocycles. The van der Waals surface area contributed by atoms with Gasteiger partial charge in [0.1, 0.15) is 0 Å². The van der Waals surface area contributed by atoms with Crippen LogP contribution in [0, 0.1) is 6.92 Å². The van der Waals surface area contributed by atoms with E-state index in [2.05, 4.69) is 5.32 Å². The van der Waals surface area contributed by atoms with Gasteiger partial charge in [0.2, 0.25) is 15.9 Å². The summed E-state index contributed by atoms with van der Waals surface area (Å²) >= 11 is 0. The lowest BCUT2D eigenvalue weighted by atomic mass is 10.2. The molecule has 1 aliphatic rings. The predicted octanol–water partition coefficient (Wildman–Crippen LogP) is 1.67. The van der Waals surface area contributed by atoms with Gasteiger partial charge in [0.05, 0.1) is 11.4 Å². The second-order valence-electron chi connectivity index (χ2n) is 6.09. The summed E-state index contributed by atoms with van der Waals surface area (Å²) in [5.74, 6) is -0.0639. The summed E-state index contributed by atoms with van der Waals surface area (Å²) in [6.45, 7) is 3.10. The van der Waals surface area contributed by atoms with Gasteiger partial charge < -0.3 is 10.2 Å². The summed E-state index contributed by atoms with van der Waals surface area (Å²) in [4.78, 5) is 13.5. The van der Waals surface area contributed by atoms with Crippen molar-refractivity contribution in [1.82, 2.24) is 9.21 Å². The Morgan fingerprint density at radius 3 is 2.48 bits per heavy atom. The molecule has 1 saturated heterocycles. The molecule has 128 valence electrons. The second kappa shape index (κ2) is 7.31. The molecule has 0 radical (unpaired) electrons. The van der Waals surface area contributed by atoms with Crippen LogP contribution in [0.15, 0.2) is 23.1 Å². The number of amides is 1. The molecule has 0 saturated carbocycles. The first-order chi connectivity index (χ1) is 10.8. The zero-order valence-electron chi connectivity index (χ0n) is 14.0. The van der Waals surface area contributed by atoms with Crippen molar-refractivity contribution < 1.29 is 13.2 Å². The molecule has 0 aliphatic carbocycles. The Morgan fingerprint density at radius 1 is 1.22 bits per heavy atom. The van der Waals surface area contributed by atoms with Crippen molar-refractivity contribution in [2.75, 3.05) is 39.0 Å². The van der Waals surface area contributed by atoms with Gasteiger partial charge in [-0.15, -0.1) is 0 Å². The van der Waals surface area contributed by atoms with E-state index >= 15 is 0 Å². The molecule has 0 atom stereocenters. The van der Waals surface area contributed by atoms with E-state index < -0.39 is 10.0 Å². The average molecular weight is 339 g/mol. The predicted molar refractivity (Wildman–Crippen MR) is 91.0 cm³/mol. The Balaban J connectivity index is 2.21. The van der Waals surface area contributed by atoms with Gasteiger partial charge in [-0.2, -0.15) is 4.31 Å². The number of nitrogens with one attached hydrogen (secondary N) is 1. The van der Waals surface area contributed by atoms with Gasteiger partial charge >= 0.3 is 0 Å². The highest BCUT2D eigenvalue weighted by atomic mass is 32.2. The van der Waals surface area contributed by atoms with E-state index in [1.54, 1.807) is 43.5 Å². The second-order valence-corrected chi connectivity index (χ2v) is 7.99. The molecular formula is C16H25N3O3S. The van der Waals surface area contributed by atoms with Gasteiger partial charge in [-0.3, -0.25) is 4.79 Å². The van der Waals surface area contributed by atoms with Crippen molar-refractivity contribution in [2.45, 2.75) is 31.1 Å². The molecule has 0 spiro atoms. The smallest absolute Gasteiger partial charge is 0.243 e. The van der Waals surface area contributed by atoms with E-state index in [4.69, 9.17) is 0 Å². The zero-order valence-corrected chi connectivity index (χ0v) is 14.8. The Hall–Kier alpha value is -1.60. The molecule has 2 rings (SSSR count). The largest absolute Gasteiger partial charge is 0.376 e. The number of rotatable bonds is 5. The SMILES string of the molecule is Cc1ccc(NCC(=O)N(C)C)cc1S(=O)(=O)N1CCCCC1. The van der Waals surface area contributed by atoms with Crippen LogP contribution in [0.4, 0.5) is 5.69 Å². The maximum atomic E-state index is 12.8. The van der Waals surface area contributed by atoms with Crippen LogP contribution in [-0.2, 0) is 14.8 Å². The third kappa shape index (κ3) is 4.23. The van der Waals surface area contributed by atoms with E-state index in [0.29, 0.717) is 23.7 Å². The minimum Gasteiger partial charge on any atom is -0.376 e. The van der Waals surface area contributed by atoms with Crippen molar-refractivity contribution in [3.05, 3.63) is 23.8 Å². The van der Waals surface area contributed by atoms with Crippen molar-refractivity contribution in [3.63, 3.8) is 0 Å². The van der Waals surface area contributed by atoms with Crippen LogP contribution in [0.5, 0.6) is 0 Å². The average Bonchev–Trinajstić information content (AvgIpc) is 2.54. The summed E-state index contributed by atoms with van der Waals surface area (Å²) in [7, 11) is -0.100. The third-order valence-electron chi connectivity index (χ3n) is 4.06. The first-order valence-corrected chi connectivity index (χ1v) is 9.31. The fourth-order valence-electron chi connectivity index (χ4n) is 2.57. The van der Waals surface area contributed by atoms with Crippen LogP contribution >= 0.6 is 0 Å².